The van der Waals surface area contributed by atoms with Gasteiger partial charge in [-0.3, -0.25) is 4.99 Å². The van der Waals surface area contributed by atoms with Crippen LogP contribution in [0.15, 0.2) is 41.4 Å². The monoisotopic (exact) mass is 228 g/mol. The van der Waals surface area contributed by atoms with E-state index < -0.39 is 0 Å². The standard InChI is InChI=1S/C14H16N2O/c1-11-8-9-12(16(11)2)10-15-13-6-4-5-7-14(13)17-3/h4-10H,1-3H3. The van der Waals surface area contributed by atoms with E-state index >= 15 is 0 Å². The molecule has 0 saturated heterocycles. The third-order valence-electron chi connectivity index (χ3n) is 2.83. The summed E-state index contributed by atoms with van der Waals surface area (Å²) in [5, 5.41) is 0. The Hall–Kier alpha value is -2.03. The first-order valence-corrected chi connectivity index (χ1v) is 5.52. The zero-order chi connectivity index (χ0) is 12.3. The summed E-state index contributed by atoms with van der Waals surface area (Å²) < 4.78 is 7.34. The zero-order valence-corrected chi connectivity index (χ0v) is 10.3. The summed E-state index contributed by atoms with van der Waals surface area (Å²) in [5.74, 6) is 0.787. The van der Waals surface area contributed by atoms with Crippen LogP contribution in [0.3, 0.4) is 0 Å². The van der Waals surface area contributed by atoms with Crippen molar-refractivity contribution in [2.45, 2.75) is 6.92 Å². The van der Waals surface area contributed by atoms with Crippen LogP contribution in [0.2, 0.25) is 0 Å². The molecule has 1 heterocycles. The molecule has 0 amide bonds. The Balaban J connectivity index is 2.29. The number of hydrogen-bond acceptors (Lipinski definition) is 2. The van der Waals surface area contributed by atoms with Crippen molar-refractivity contribution in [1.29, 1.82) is 0 Å². The minimum absolute atomic E-state index is 0.787. The topological polar surface area (TPSA) is 26.5 Å². The first-order chi connectivity index (χ1) is 8.22. The van der Waals surface area contributed by atoms with E-state index in [9.17, 15) is 0 Å². The van der Waals surface area contributed by atoms with E-state index in [1.807, 2.05) is 43.6 Å². The number of para-hydroxylation sites is 2. The highest BCUT2D eigenvalue weighted by molar-refractivity contribution is 5.81. The molecule has 0 aliphatic carbocycles. The van der Waals surface area contributed by atoms with Crippen molar-refractivity contribution in [2.75, 3.05) is 7.11 Å². The number of aryl methyl sites for hydroxylation is 1. The Morgan fingerprint density at radius 2 is 1.94 bits per heavy atom. The predicted molar refractivity (Wildman–Crippen MR) is 70.4 cm³/mol. The molecule has 0 fully saturated rings. The Labute approximate surface area is 101 Å². The quantitative estimate of drug-likeness (QED) is 0.741. The van der Waals surface area contributed by atoms with Gasteiger partial charge in [0.2, 0.25) is 0 Å². The van der Waals surface area contributed by atoms with Crippen LogP contribution >= 0.6 is 0 Å². The van der Waals surface area contributed by atoms with E-state index in [1.54, 1.807) is 7.11 Å². The van der Waals surface area contributed by atoms with Gasteiger partial charge in [-0.25, -0.2) is 0 Å². The third-order valence-corrected chi connectivity index (χ3v) is 2.83. The van der Waals surface area contributed by atoms with Crippen molar-refractivity contribution >= 4 is 11.9 Å². The van der Waals surface area contributed by atoms with Gasteiger partial charge >= 0.3 is 0 Å². The number of aliphatic imine (C=N–C) groups is 1. The van der Waals surface area contributed by atoms with Crippen molar-refractivity contribution in [2.24, 2.45) is 12.0 Å². The van der Waals surface area contributed by atoms with E-state index in [0.717, 1.165) is 17.1 Å². The van der Waals surface area contributed by atoms with Gasteiger partial charge < -0.3 is 9.30 Å². The molecule has 0 unspecified atom stereocenters. The molecule has 0 saturated carbocycles. The van der Waals surface area contributed by atoms with Gasteiger partial charge in [0.1, 0.15) is 11.4 Å². The molecule has 0 spiro atoms. The van der Waals surface area contributed by atoms with Crippen LogP contribution < -0.4 is 4.74 Å². The van der Waals surface area contributed by atoms with E-state index in [4.69, 9.17) is 4.74 Å². The van der Waals surface area contributed by atoms with Crippen LogP contribution in [0.25, 0.3) is 0 Å². The molecule has 0 aliphatic rings. The molecule has 2 rings (SSSR count). The van der Waals surface area contributed by atoms with Crippen LogP contribution in [-0.4, -0.2) is 17.9 Å². The van der Waals surface area contributed by atoms with E-state index in [-0.39, 0.29) is 0 Å². The maximum Gasteiger partial charge on any atom is 0.144 e. The van der Waals surface area contributed by atoms with Crippen LogP contribution in [0.1, 0.15) is 11.4 Å². The Morgan fingerprint density at radius 1 is 1.18 bits per heavy atom. The summed E-state index contributed by atoms with van der Waals surface area (Å²) >= 11 is 0. The molecule has 0 atom stereocenters. The molecule has 0 bridgehead atoms. The van der Waals surface area contributed by atoms with Gasteiger partial charge in [-0.2, -0.15) is 0 Å². The second-order valence-electron chi connectivity index (χ2n) is 3.89. The fourth-order valence-electron chi connectivity index (χ4n) is 1.63. The Bertz CT molecular complexity index is 541. The highest BCUT2D eigenvalue weighted by Gasteiger charge is 2.00. The van der Waals surface area contributed by atoms with Crippen LogP contribution in [0.5, 0.6) is 5.75 Å². The van der Waals surface area contributed by atoms with Crippen LogP contribution in [-0.2, 0) is 7.05 Å². The van der Waals surface area contributed by atoms with Crippen molar-refractivity contribution < 1.29 is 4.74 Å². The number of nitrogens with zero attached hydrogens (tertiary/aromatic N) is 2. The smallest absolute Gasteiger partial charge is 0.144 e. The molecule has 17 heavy (non-hydrogen) atoms. The van der Waals surface area contributed by atoms with Crippen LogP contribution in [0.4, 0.5) is 5.69 Å². The summed E-state index contributed by atoms with van der Waals surface area (Å²) in [6, 6.07) is 11.8. The lowest BCUT2D eigenvalue weighted by atomic mass is 10.3. The van der Waals surface area contributed by atoms with Crippen LogP contribution in [0, 0.1) is 6.92 Å². The highest BCUT2D eigenvalue weighted by atomic mass is 16.5. The average molecular weight is 228 g/mol. The minimum atomic E-state index is 0.787. The summed E-state index contributed by atoms with van der Waals surface area (Å²) in [6.07, 6.45) is 1.85. The summed E-state index contributed by atoms with van der Waals surface area (Å²) in [7, 11) is 3.68. The summed E-state index contributed by atoms with van der Waals surface area (Å²) in [4.78, 5) is 4.45. The molecular formula is C14H16N2O. The lowest BCUT2D eigenvalue weighted by Crippen LogP contribution is -1.96. The molecule has 2 aromatic rings. The molecule has 3 nitrogen and oxygen atoms in total. The molecule has 3 heteroatoms. The molecule has 0 radical (unpaired) electrons. The number of rotatable bonds is 3. The van der Waals surface area contributed by atoms with Gasteiger partial charge in [0.25, 0.3) is 0 Å². The van der Waals surface area contributed by atoms with Gasteiger partial charge in [0.05, 0.1) is 19.0 Å². The van der Waals surface area contributed by atoms with Crippen molar-refractivity contribution in [3.63, 3.8) is 0 Å². The number of methoxy groups -OCH3 is 1. The van der Waals surface area contributed by atoms with Gasteiger partial charge in [0, 0.05) is 12.7 Å². The molecule has 0 aliphatic heterocycles. The molecule has 1 aromatic carbocycles. The normalized spacial score (nSPS) is 11.0. The minimum Gasteiger partial charge on any atom is -0.494 e. The average Bonchev–Trinajstić information content (AvgIpc) is 2.68. The van der Waals surface area contributed by atoms with Gasteiger partial charge in [0.15, 0.2) is 0 Å². The second-order valence-corrected chi connectivity index (χ2v) is 3.89. The number of ether oxygens (including phenoxy) is 1. The summed E-state index contributed by atoms with van der Waals surface area (Å²) in [6.45, 7) is 2.07. The maximum absolute atomic E-state index is 5.25. The third kappa shape index (κ3) is 2.38. The van der Waals surface area contributed by atoms with E-state index in [0.29, 0.717) is 0 Å². The number of aromatic nitrogens is 1. The van der Waals surface area contributed by atoms with Crippen molar-refractivity contribution in [3.8, 4) is 5.75 Å². The van der Waals surface area contributed by atoms with Crippen molar-refractivity contribution in [3.05, 3.63) is 47.8 Å². The molecule has 0 N–H and O–H groups in total. The second kappa shape index (κ2) is 4.87. The Kier molecular flexibility index (Phi) is 3.28. The highest BCUT2D eigenvalue weighted by Crippen LogP contribution is 2.26. The number of benzene rings is 1. The SMILES string of the molecule is COc1ccccc1N=Cc1ccc(C)n1C. The van der Waals surface area contributed by atoms with Gasteiger partial charge in [-0.15, -0.1) is 0 Å². The fraction of sp³-hybridized carbons (Fsp3) is 0.214. The molecular weight excluding hydrogens is 212 g/mol. The predicted octanol–water partition coefficient (Wildman–Crippen LogP) is 3.09. The summed E-state index contributed by atoms with van der Waals surface area (Å²) in [5.41, 5.74) is 3.13. The first kappa shape index (κ1) is 11.5. The fourth-order valence-corrected chi connectivity index (χ4v) is 1.63. The molecule has 1 aromatic heterocycles. The maximum atomic E-state index is 5.25. The van der Waals surface area contributed by atoms with Crippen molar-refractivity contribution in [1.82, 2.24) is 4.57 Å². The lowest BCUT2D eigenvalue weighted by molar-refractivity contribution is 0.416. The zero-order valence-electron chi connectivity index (χ0n) is 10.3. The number of hydrogen-bond donors (Lipinski definition) is 0. The van der Waals surface area contributed by atoms with E-state index in [2.05, 4.69) is 22.5 Å². The first-order valence-electron chi connectivity index (χ1n) is 5.52. The Morgan fingerprint density at radius 3 is 2.59 bits per heavy atom. The van der Waals surface area contributed by atoms with Gasteiger partial charge in [-0.05, 0) is 31.2 Å². The largest absolute Gasteiger partial charge is 0.494 e. The lowest BCUT2D eigenvalue weighted by Gasteiger charge is -2.03. The van der Waals surface area contributed by atoms with Gasteiger partial charge in [-0.1, -0.05) is 12.1 Å². The van der Waals surface area contributed by atoms with E-state index in [1.165, 1.54) is 5.69 Å². The molecule has 88 valence electrons.